The lowest BCUT2D eigenvalue weighted by Crippen LogP contribution is -2.44. The molecule has 1 heterocycles. The molecular weight excluding hydrogens is 310 g/mol. The highest BCUT2D eigenvalue weighted by atomic mass is 16.5. The lowest BCUT2D eigenvalue weighted by Gasteiger charge is -2.33. The lowest BCUT2D eigenvalue weighted by molar-refractivity contribution is -0.149. The molecule has 0 radical (unpaired) electrons. The Morgan fingerprint density at radius 1 is 1.38 bits per heavy atom. The standard InChI is InChI=1S/C18H23NO5/c1-13-5-3-4-10-19(13)17(21)12-24-18(22)9-7-14-6-8-15(20)16(11-14)23-2/h6-9,11,13,20H,3-5,10,12H2,1-2H3/b9-7+/t13-/m0/s1. The largest absolute Gasteiger partial charge is 0.504 e. The summed E-state index contributed by atoms with van der Waals surface area (Å²) in [6, 6.07) is 4.91. The first-order chi connectivity index (χ1) is 11.5. The van der Waals surface area contributed by atoms with E-state index in [1.165, 1.54) is 25.3 Å². The summed E-state index contributed by atoms with van der Waals surface area (Å²) >= 11 is 0. The number of hydrogen-bond acceptors (Lipinski definition) is 5. The number of aromatic hydroxyl groups is 1. The van der Waals surface area contributed by atoms with Crippen molar-refractivity contribution in [3.8, 4) is 11.5 Å². The molecule has 130 valence electrons. The number of carbonyl (C=O) groups excluding carboxylic acids is 2. The third-order valence-corrected chi connectivity index (χ3v) is 4.08. The molecule has 1 amide bonds. The average molecular weight is 333 g/mol. The molecule has 0 unspecified atom stereocenters. The Morgan fingerprint density at radius 2 is 2.17 bits per heavy atom. The van der Waals surface area contributed by atoms with E-state index in [-0.39, 0.29) is 24.3 Å². The molecule has 1 N–H and O–H groups in total. The fourth-order valence-electron chi connectivity index (χ4n) is 2.69. The van der Waals surface area contributed by atoms with Crippen molar-refractivity contribution in [3.63, 3.8) is 0 Å². The number of benzene rings is 1. The number of methoxy groups -OCH3 is 1. The highest BCUT2D eigenvalue weighted by Crippen LogP contribution is 2.26. The van der Waals surface area contributed by atoms with Crippen molar-refractivity contribution in [1.82, 2.24) is 4.90 Å². The van der Waals surface area contributed by atoms with Crippen LogP contribution in [-0.4, -0.2) is 48.2 Å². The number of ether oxygens (including phenoxy) is 2. The van der Waals surface area contributed by atoms with Crippen molar-refractivity contribution in [2.24, 2.45) is 0 Å². The number of rotatable bonds is 5. The molecule has 1 fully saturated rings. The van der Waals surface area contributed by atoms with Gasteiger partial charge in [0.05, 0.1) is 7.11 Å². The molecule has 1 aliphatic heterocycles. The molecule has 0 spiro atoms. The molecule has 1 aromatic carbocycles. The van der Waals surface area contributed by atoms with Crippen LogP contribution in [0.2, 0.25) is 0 Å². The van der Waals surface area contributed by atoms with E-state index >= 15 is 0 Å². The van der Waals surface area contributed by atoms with Crippen LogP contribution in [0.15, 0.2) is 24.3 Å². The second kappa shape index (κ2) is 8.38. The minimum Gasteiger partial charge on any atom is -0.504 e. The molecule has 6 heteroatoms. The maximum Gasteiger partial charge on any atom is 0.331 e. The van der Waals surface area contributed by atoms with Gasteiger partial charge >= 0.3 is 5.97 Å². The van der Waals surface area contributed by atoms with E-state index in [0.29, 0.717) is 11.3 Å². The summed E-state index contributed by atoms with van der Waals surface area (Å²) < 4.78 is 10.0. The Hall–Kier alpha value is -2.50. The van der Waals surface area contributed by atoms with Gasteiger partial charge in [0, 0.05) is 18.7 Å². The Labute approximate surface area is 141 Å². The number of amides is 1. The van der Waals surface area contributed by atoms with Crippen LogP contribution in [-0.2, 0) is 14.3 Å². The van der Waals surface area contributed by atoms with Gasteiger partial charge in [0.25, 0.3) is 5.91 Å². The third kappa shape index (κ3) is 4.75. The maximum absolute atomic E-state index is 12.1. The number of nitrogens with zero attached hydrogens (tertiary/aromatic N) is 1. The normalized spacial score (nSPS) is 17.8. The number of esters is 1. The van der Waals surface area contributed by atoms with Crippen LogP contribution in [0.3, 0.4) is 0 Å². The molecule has 24 heavy (non-hydrogen) atoms. The summed E-state index contributed by atoms with van der Waals surface area (Å²) in [5.41, 5.74) is 0.678. The van der Waals surface area contributed by atoms with Crippen molar-refractivity contribution < 1.29 is 24.2 Å². The van der Waals surface area contributed by atoms with Gasteiger partial charge < -0.3 is 19.5 Å². The van der Waals surface area contributed by atoms with Crippen molar-refractivity contribution in [1.29, 1.82) is 0 Å². The first-order valence-electron chi connectivity index (χ1n) is 8.02. The molecule has 0 aromatic heterocycles. The number of piperidine rings is 1. The fraction of sp³-hybridized carbons (Fsp3) is 0.444. The summed E-state index contributed by atoms with van der Waals surface area (Å²) in [5.74, 6) is -0.395. The molecule has 0 bridgehead atoms. The van der Waals surface area contributed by atoms with Crippen molar-refractivity contribution in [3.05, 3.63) is 29.8 Å². The maximum atomic E-state index is 12.1. The number of phenols is 1. The van der Waals surface area contributed by atoms with Gasteiger partial charge in [0.15, 0.2) is 18.1 Å². The van der Waals surface area contributed by atoms with Gasteiger partial charge in [0.1, 0.15) is 0 Å². The number of hydrogen-bond donors (Lipinski definition) is 1. The van der Waals surface area contributed by atoms with Crippen LogP contribution in [0.25, 0.3) is 6.08 Å². The Kier molecular flexibility index (Phi) is 6.23. The zero-order valence-electron chi connectivity index (χ0n) is 14.0. The summed E-state index contributed by atoms with van der Waals surface area (Å²) in [5, 5.41) is 9.52. The minimum atomic E-state index is -0.583. The summed E-state index contributed by atoms with van der Waals surface area (Å²) in [4.78, 5) is 25.6. The van der Waals surface area contributed by atoms with Gasteiger partial charge in [-0.15, -0.1) is 0 Å². The van der Waals surface area contributed by atoms with E-state index < -0.39 is 5.97 Å². The predicted octanol–water partition coefficient (Wildman–Crippen LogP) is 2.36. The van der Waals surface area contributed by atoms with Crippen LogP contribution < -0.4 is 4.74 Å². The van der Waals surface area contributed by atoms with Crippen molar-refractivity contribution >= 4 is 18.0 Å². The molecule has 1 saturated heterocycles. The van der Waals surface area contributed by atoms with E-state index in [0.717, 1.165) is 25.8 Å². The minimum absolute atomic E-state index is 0.0264. The first-order valence-corrected chi connectivity index (χ1v) is 8.02. The number of likely N-dealkylation sites (tertiary alicyclic amines) is 1. The molecule has 1 aliphatic rings. The second-order valence-corrected chi connectivity index (χ2v) is 5.80. The second-order valence-electron chi connectivity index (χ2n) is 5.80. The van der Waals surface area contributed by atoms with Gasteiger partial charge in [-0.2, -0.15) is 0 Å². The van der Waals surface area contributed by atoms with E-state index in [9.17, 15) is 14.7 Å². The van der Waals surface area contributed by atoms with Gasteiger partial charge in [0.2, 0.25) is 0 Å². The smallest absolute Gasteiger partial charge is 0.331 e. The number of phenolic OH excluding ortho intramolecular Hbond substituents is 1. The highest BCUT2D eigenvalue weighted by Gasteiger charge is 2.23. The van der Waals surface area contributed by atoms with Gasteiger partial charge in [-0.05, 0) is 50.0 Å². The average Bonchev–Trinajstić information content (AvgIpc) is 2.59. The first kappa shape index (κ1) is 17.8. The molecule has 2 rings (SSSR count). The van der Waals surface area contributed by atoms with Crippen LogP contribution in [0.5, 0.6) is 11.5 Å². The van der Waals surface area contributed by atoms with Gasteiger partial charge in [-0.3, -0.25) is 4.79 Å². The van der Waals surface area contributed by atoms with E-state index in [4.69, 9.17) is 9.47 Å². The molecule has 0 aliphatic carbocycles. The molecular formula is C18H23NO5. The van der Waals surface area contributed by atoms with Crippen molar-refractivity contribution in [2.75, 3.05) is 20.3 Å². The zero-order valence-corrected chi connectivity index (χ0v) is 14.0. The fourth-order valence-corrected chi connectivity index (χ4v) is 2.69. The monoisotopic (exact) mass is 333 g/mol. The van der Waals surface area contributed by atoms with Crippen LogP contribution in [0.1, 0.15) is 31.7 Å². The Morgan fingerprint density at radius 3 is 2.88 bits per heavy atom. The summed E-state index contributed by atoms with van der Waals surface area (Å²) in [6.07, 6.45) is 5.90. The van der Waals surface area contributed by atoms with Crippen molar-refractivity contribution in [2.45, 2.75) is 32.2 Å². The molecule has 1 aromatic rings. The Balaban J connectivity index is 1.85. The van der Waals surface area contributed by atoms with E-state index in [1.807, 2.05) is 6.92 Å². The number of carbonyl (C=O) groups is 2. The quantitative estimate of drug-likeness (QED) is 0.661. The van der Waals surface area contributed by atoms with E-state index in [1.54, 1.807) is 17.0 Å². The highest BCUT2D eigenvalue weighted by molar-refractivity contribution is 5.89. The summed E-state index contributed by atoms with van der Waals surface area (Å²) in [6.45, 7) is 2.49. The van der Waals surface area contributed by atoms with Gasteiger partial charge in [-0.25, -0.2) is 4.79 Å². The topological polar surface area (TPSA) is 76.1 Å². The lowest BCUT2D eigenvalue weighted by atomic mass is 10.0. The Bertz CT molecular complexity index is 626. The molecule has 1 atom stereocenters. The van der Waals surface area contributed by atoms with Gasteiger partial charge in [-0.1, -0.05) is 6.07 Å². The molecule has 0 saturated carbocycles. The van der Waals surface area contributed by atoms with Crippen LogP contribution in [0.4, 0.5) is 0 Å². The molecule has 6 nitrogen and oxygen atoms in total. The third-order valence-electron chi connectivity index (χ3n) is 4.08. The van der Waals surface area contributed by atoms with Crippen LogP contribution in [0, 0.1) is 0 Å². The SMILES string of the molecule is COc1cc(/C=C/C(=O)OCC(=O)N2CCCC[C@@H]2C)ccc1O. The predicted molar refractivity (Wildman–Crippen MR) is 89.7 cm³/mol. The van der Waals surface area contributed by atoms with Crippen LogP contribution >= 0.6 is 0 Å². The zero-order chi connectivity index (χ0) is 17.5. The summed E-state index contributed by atoms with van der Waals surface area (Å²) in [7, 11) is 1.45. The van der Waals surface area contributed by atoms with E-state index in [2.05, 4.69) is 0 Å².